The van der Waals surface area contributed by atoms with Gasteiger partial charge in [0, 0.05) is 18.7 Å². The fourth-order valence-corrected chi connectivity index (χ4v) is 2.27. The Labute approximate surface area is 135 Å². The Morgan fingerprint density at radius 1 is 0.957 bits per heavy atom. The molecule has 0 bridgehead atoms. The molecule has 6 nitrogen and oxygen atoms in total. The molecule has 3 rings (SSSR count). The molecule has 0 radical (unpaired) electrons. The molecular weight excluding hydrogens is 290 g/mol. The number of benzene rings is 1. The Hall–Kier alpha value is -2.89. The van der Waals surface area contributed by atoms with Crippen LogP contribution in [0.3, 0.4) is 0 Å². The van der Waals surface area contributed by atoms with E-state index in [-0.39, 0.29) is 0 Å². The van der Waals surface area contributed by atoms with E-state index in [9.17, 15) is 0 Å². The van der Waals surface area contributed by atoms with Crippen LogP contribution in [0.1, 0.15) is 22.7 Å². The normalized spacial score (nSPS) is 10.6. The summed E-state index contributed by atoms with van der Waals surface area (Å²) in [5, 5.41) is 10.4. The van der Waals surface area contributed by atoms with Crippen LogP contribution in [-0.4, -0.2) is 15.1 Å². The van der Waals surface area contributed by atoms with Crippen molar-refractivity contribution in [2.45, 2.75) is 27.3 Å². The molecule has 0 spiro atoms. The highest BCUT2D eigenvalue weighted by molar-refractivity contribution is 5.56. The Bertz CT molecular complexity index is 812. The zero-order valence-electron chi connectivity index (χ0n) is 13.4. The molecule has 0 fully saturated rings. The second-order valence-electron chi connectivity index (χ2n) is 5.41. The molecule has 0 amide bonds. The van der Waals surface area contributed by atoms with Crippen molar-refractivity contribution < 1.29 is 4.52 Å². The van der Waals surface area contributed by atoms with Gasteiger partial charge in [0.2, 0.25) is 0 Å². The minimum absolute atomic E-state index is 0.630. The number of rotatable bonds is 5. The van der Waals surface area contributed by atoms with Crippen LogP contribution < -0.4 is 10.6 Å². The van der Waals surface area contributed by atoms with Crippen molar-refractivity contribution in [3.05, 3.63) is 59.1 Å². The molecule has 1 aromatic carbocycles. The second kappa shape index (κ2) is 6.48. The summed E-state index contributed by atoms with van der Waals surface area (Å²) in [5.41, 5.74) is 2.49. The summed E-state index contributed by atoms with van der Waals surface area (Å²) in [4.78, 5) is 8.79. The van der Waals surface area contributed by atoms with E-state index in [1.165, 1.54) is 11.1 Å². The second-order valence-corrected chi connectivity index (χ2v) is 5.41. The molecule has 3 aromatic rings. The number of nitrogens with zero attached hydrogens (tertiary/aromatic N) is 3. The van der Waals surface area contributed by atoms with E-state index >= 15 is 0 Å². The molecule has 2 N–H and O–H groups in total. The Balaban J connectivity index is 1.74. The molecule has 0 aliphatic rings. The highest BCUT2D eigenvalue weighted by Crippen LogP contribution is 2.18. The zero-order valence-corrected chi connectivity index (χ0v) is 13.4. The van der Waals surface area contributed by atoms with Crippen molar-refractivity contribution in [1.29, 1.82) is 0 Å². The van der Waals surface area contributed by atoms with Crippen molar-refractivity contribution in [3.63, 3.8) is 0 Å². The molecule has 23 heavy (non-hydrogen) atoms. The van der Waals surface area contributed by atoms with Gasteiger partial charge in [-0.25, -0.2) is 9.97 Å². The van der Waals surface area contributed by atoms with E-state index in [0.717, 1.165) is 11.6 Å². The lowest BCUT2D eigenvalue weighted by Crippen LogP contribution is -2.06. The molecule has 0 saturated carbocycles. The maximum absolute atomic E-state index is 5.04. The van der Waals surface area contributed by atoms with Crippen LogP contribution in [0, 0.1) is 20.8 Å². The lowest BCUT2D eigenvalue weighted by Gasteiger charge is -2.10. The van der Waals surface area contributed by atoms with Crippen molar-refractivity contribution in [3.8, 4) is 0 Å². The van der Waals surface area contributed by atoms with Crippen LogP contribution in [0.4, 0.5) is 17.5 Å². The average Bonchev–Trinajstić information content (AvgIpc) is 2.91. The van der Waals surface area contributed by atoms with Crippen LogP contribution in [0.15, 0.2) is 40.9 Å². The number of anilines is 3. The van der Waals surface area contributed by atoms with Crippen molar-refractivity contribution >= 4 is 17.5 Å². The molecule has 0 unspecified atom stereocenters. The quantitative estimate of drug-likeness (QED) is 0.747. The molecule has 2 aromatic heterocycles. The first-order valence-corrected chi connectivity index (χ1v) is 7.44. The van der Waals surface area contributed by atoms with E-state index in [2.05, 4.69) is 44.8 Å². The summed E-state index contributed by atoms with van der Waals surface area (Å²) >= 11 is 0. The van der Waals surface area contributed by atoms with Gasteiger partial charge in [0.1, 0.15) is 23.2 Å². The Morgan fingerprint density at radius 2 is 1.74 bits per heavy atom. The minimum atomic E-state index is 0.630. The molecule has 2 heterocycles. The molecule has 0 aliphatic heterocycles. The number of hydrogen-bond acceptors (Lipinski definition) is 6. The maximum Gasteiger partial charge on any atom is 0.175 e. The van der Waals surface area contributed by atoms with Gasteiger partial charge in [-0.2, -0.15) is 0 Å². The third-order valence-corrected chi connectivity index (χ3v) is 3.44. The fraction of sp³-hybridized carbons (Fsp3) is 0.235. The lowest BCUT2D eigenvalue weighted by molar-refractivity contribution is 0.400. The van der Waals surface area contributed by atoms with Gasteiger partial charge in [-0.05, 0) is 31.9 Å². The summed E-state index contributed by atoms with van der Waals surface area (Å²) in [7, 11) is 0. The fourth-order valence-electron chi connectivity index (χ4n) is 2.27. The summed E-state index contributed by atoms with van der Waals surface area (Å²) in [5.74, 6) is 3.51. The highest BCUT2D eigenvalue weighted by atomic mass is 16.5. The van der Waals surface area contributed by atoms with Crippen LogP contribution in [-0.2, 0) is 6.54 Å². The summed E-state index contributed by atoms with van der Waals surface area (Å²) in [6.45, 7) is 6.52. The van der Waals surface area contributed by atoms with Gasteiger partial charge < -0.3 is 15.2 Å². The van der Waals surface area contributed by atoms with E-state index in [4.69, 9.17) is 4.52 Å². The predicted octanol–water partition coefficient (Wildman–Crippen LogP) is 3.75. The molecule has 0 atom stereocenters. The third kappa shape index (κ3) is 3.85. The summed E-state index contributed by atoms with van der Waals surface area (Å²) < 4.78 is 5.04. The topological polar surface area (TPSA) is 75.9 Å². The van der Waals surface area contributed by atoms with Crippen LogP contribution in [0.5, 0.6) is 0 Å². The monoisotopic (exact) mass is 309 g/mol. The Kier molecular flexibility index (Phi) is 4.23. The van der Waals surface area contributed by atoms with E-state index in [0.29, 0.717) is 24.0 Å². The van der Waals surface area contributed by atoms with E-state index in [1.807, 2.05) is 38.1 Å². The Morgan fingerprint density at radius 3 is 2.48 bits per heavy atom. The van der Waals surface area contributed by atoms with Crippen molar-refractivity contribution in [2.24, 2.45) is 0 Å². The van der Waals surface area contributed by atoms with Crippen molar-refractivity contribution in [2.75, 3.05) is 10.6 Å². The molecule has 118 valence electrons. The first kappa shape index (κ1) is 15.0. The van der Waals surface area contributed by atoms with Gasteiger partial charge >= 0.3 is 0 Å². The maximum atomic E-state index is 5.04. The SMILES string of the molecule is Cc1nc(NCc2ccccc2C)cc(Nc2cc(C)on2)n1. The number of aromatic nitrogens is 3. The largest absolute Gasteiger partial charge is 0.366 e. The van der Waals surface area contributed by atoms with Crippen LogP contribution in [0.2, 0.25) is 0 Å². The zero-order chi connectivity index (χ0) is 16.2. The lowest BCUT2D eigenvalue weighted by atomic mass is 10.1. The highest BCUT2D eigenvalue weighted by Gasteiger charge is 2.06. The van der Waals surface area contributed by atoms with Gasteiger partial charge in [-0.3, -0.25) is 0 Å². The summed E-state index contributed by atoms with van der Waals surface area (Å²) in [6, 6.07) is 12.0. The standard InChI is InChI=1S/C17H19N5O/c1-11-6-4-5-7-14(11)10-18-15-9-16(20-13(3)19-15)21-17-8-12(2)23-22-17/h4-9H,10H2,1-3H3,(H2,18,19,20,21,22). The number of hydrogen-bond donors (Lipinski definition) is 2. The number of aryl methyl sites for hydroxylation is 3. The summed E-state index contributed by atoms with van der Waals surface area (Å²) in [6.07, 6.45) is 0. The van der Waals surface area contributed by atoms with Gasteiger partial charge in [-0.1, -0.05) is 29.4 Å². The van der Waals surface area contributed by atoms with Crippen LogP contribution >= 0.6 is 0 Å². The van der Waals surface area contributed by atoms with E-state index in [1.54, 1.807) is 0 Å². The smallest absolute Gasteiger partial charge is 0.175 e. The molecule has 0 aliphatic carbocycles. The average molecular weight is 309 g/mol. The van der Waals surface area contributed by atoms with Crippen LogP contribution in [0.25, 0.3) is 0 Å². The van der Waals surface area contributed by atoms with Gasteiger partial charge in [0.15, 0.2) is 5.82 Å². The predicted molar refractivity (Wildman–Crippen MR) is 89.8 cm³/mol. The minimum Gasteiger partial charge on any atom is -0.366 e. The van der Waals surface area contributed by atoms with Gasteiger partial charge in [0.25, 0.3) is 0 Å². The first-order chi connectivity index (χ1) is 11.1. The molecular formula is C17H19N5O. The first-order valence-electron chi connectivity index (χ1n) is 7.44. The molecule has 6 heteroatoms. The number of nitrogens with one attached hydrogen (secondary N) is 2. The molecule has 0 saturated heterocycles. The van der Waals surface area contributed by atoms with Crippen molar-refractivity contribution in [1.82, 2.24) is 15.1 Å². The van der Waals surface area contributed by atoms with E-state index < -0.39 is 0 Å². The third-order valence-electron chi connectivity index (χ3n) is 3.44. The van der Waals surface area contributed by atoms with Gasteiger partial charge in [-0.15, -0.1) is 0 Å². The van der Waals surface area contributed by atoms with Gasteiger partial charge in [0.05, 0.1) is 0 Å².